The van der Waals surface area contributed by atoms with Crippen LogP contribution in [-0.4, -0.2) is 46.0 Å². The van der Waals surface area contributed by atoms with Gasteiger partial charge in [-0.2, -0.15) is 0 Å². The molecule has 0 radical (unpaired) electrons. The smallest absolute Gasteiger partial charge is 0.250 e. The topological polar surface area (TPSA) is 61.4 Å². The van der Waals surface area contributed by atoms with E-state index in [9.17, 15) is 8.42 Å². The van der Waals surface area contributed by atoms with E-state index in [2.05, 4.69) is 28.8 Å². The second-order valence-electron chi connectivity index (χ2n) is 5.05. The molecule has 0 aromatic carbocycles. The summed E-state index contributed by atoms with van der Waals surface area (Å²) < 4.78 is 27.3. The Morgan fingerprint density at radius 2 is 2.05 bits per heavy atom. The maximum absolute atomic E-state index is 12.1. The molecular weight excluding hydrogens is 294 g/mol. The van der Waals surface area contributed by atoms with Crippen LogP contribution in [0.4, 0.5) is 0 Å². The number of likely N-dealkylation sites (N-methyl/N-ethyl adjacent to an activating group) is 1. The fourth-order valence-corrected chi connectivity index (χ4v) is 3.87. The Balaban J connectivity index is 2.55. The molecule has 1 heterocycles. The zero-order valence-electron chi connectivity index (χ0n) is 12.6. The van der Waals surface area contributed by atoms with E-state index >= 15 is 0 Å². The zero-order chi connectivity index (χ0) is 15.2. The lowest BCUT2D eigenvalue weighted by molar-refractivity contribution is 0.358. The fraction of sp³-hybridized carbons (Fsp3) is 0.692. The van der Waals surface area contributed by atoms with Crippen molar-refractivity contribution < 1.29 is 8.42 Å². The molecule has 116 valence electrons. The standard InChI is InChI=1S/C13H25N3O2S2/c1-5-16(4)9-8-15-20(17,18)13-7-6-12(19-13)10-14-11(2)3/h6-7,11,14-15H,5,8-10H2,1-4H3. The van der Waals surface area contributed by atoms with Crippen molar-refractivity contribution in [2.75, 3.05) is 26.7 Å². The van der Waals surface area contributed by atoms with Crippen molar-refractivity contribution in [2.24, 2.45) is 0 Å². The van der Waals surface area contributed by atoms with E-state index in [4.69, 9.17) is 0 Å². The normalized spacial score (nSPS) is 12.5. The number of rotatable bonds is 9. The van der Waals surface area contributed by atoms with Gasteiger partial charge in [0.1, 0.15) is 4.21 Å². The summed E-state index contributed by atoms with van der Waals surface area (Å²) in [7, 11) is -1.40. The molecule has 20 heavy (non-hydrogen) atoms. The first-order valence-corrected chi connectivity index (χ1v) is 9.15. The molecule has 0 aliphatic carbocycles. The van der Waals surface area contributed by atoms with E-state index in [1.165, 1.54) is 11.3 Å². The molecule has 7 heteroatoms. The highest BCUT2D eigenvalue weighted by Crippen LogP contribution is 2.21. The number of nitrogens with one attached hydrogen (secondary N) is 2. The lowest BCUT2D eigenvalue weighted by Gasteiger charge is -2.13. The quantitative estimate of drug-likeness (QED) is 0.724. The van der Waals surface area contributed by atoms with Gasteiger partial charge in [0.25, 0.3) is 0 Å². The zero-order valence-corrected chi connectivity index (χ0v) is 14.3. The molecule has 0 aliphatic rings. The Labute approximate surface area is 126 Å². The van der Waals surface area contributed by atoms with E-state index in [0.29, 0.717) is 29.9 Å². The predicted molar refractivity (Wildman–Crippen MR) is 84.7 cm³/mol. The maximum Gasteiger partial charge on any atom is 0.250 e. The molecule has 0 saturated carbocycles. The summed E-state index contributed by atoms with van der Waals surface area (Å²) in [6.07, 6.45) is 0. The van der Waals surface area contributed by atoms with Crippen molar-refractivity contribution in [2.45, 2.75) is 37.6 Å². The molecule has 0 aliphatic heterocycles. The van der Waals surface area contributed by atoms with Crippen LogP contribution in [0.25, 0.3) is 0 Å². The van der Waals surface area contributed by atoms with Crippen LogP contribution in [0.1, 0.15) is 25.6 Å². The Kier molecular flexibility index (Phi) is 7.11. The van der Waals surface area contributed by atoms with Crippen molar-refractivity contribution in [3.05, 3.63) is 17.0 Å². The second kappa shape index (κ2) is 8.09. The van der Waals surface area contributed by atoms with Crippen LogP contribution < -0.4 is 10.0 Å². The first-order chi connectivity index (χ1) is 9.35. The molecule has 1 aromatic rings. The minimum Gasteiger partial charge on any atom is -0.310 e. The minimum absolute atomic E-state index is 0.386. The van der Waals surface area contributed by atoms with Gasteiger partial charge in [-0.1, -0.05) is 20.8 Å². The summed E-state index contributed by atoms with van der Waals surface area (Å²) in [6.45, 7) is 8.94. The molecule has 0 bridgehead atoms. The highest BCUT2D eigenvalue weighted by atomic mass is 32.2. The first kappa shape index (κ1) is 17.6. The lowest BCUT2D eigenvalue weighted by Crippen LogP contribution is -2.32. The largest absolute Gasteiger partial charge is 0.310 e. The van der Waals surface area contributed by atoms with Gasteiger partial charge < -0.3 is 10.2 Å². The Hall–Kier alpha value is -0.470. The Morgan fingerprint density at radius 3 is 2.65 bits per heavy atom. The molecule has 1 rings (SSSR count). The van der Waals surface area contributed by atoms with Gasteiger partial charge in [0, 0.05) is 30.6 Å². The molecule has 2 N–H and O–H groups in total. The predicted octanol–water partition coefficient (Wildman–Crippen LogP) is 1.48. The third-order valence-electron chi connectivity index (χ3n) is 2.91. The van der Waals surface area contributed by atoms with E-state index in [1.807, 2.05) is 20.0 Å². The number of thiophene rings is 1. The molecule has 1 aromatic heterocycles. The molecule has 0 unspecified atom stereocenters. The van der Waals surface area contributed by atoms with Gasteiger partial charge in [-0.05, 0) is 25.7 Å². The Morgan fingerprint density at radius 1 is 1.35 bits per heavy atom. The van der Waals surface area contributed by atoms with Crippen LogP contribution >= 0.6 is 11.3 Å². The lowest BCUT2D eigenvalue weighted by atomic mass is 10.4. The SMILES string of the molecule is CCN(C)CCNS(=O)(=O)c1ccc(CNC(C)C)s1. The van der Waals surface area contributed by atoms with Crippen molar-refractivity contribution >= 4 is 21.4 Å². The molecule has 5 nitrogen and oxygen atoms in total. The first-order valence-electron chi connectivity index (χ1n) is 6.85. The summed E-state index contributed by atoms with van der Waals surface area (Å²) in [4.78, 5) is 3.10. The van der Waals surface area contributed by atoms with Gasteiger partial charge in [0.2, 0.25) is 10.0 Å². The molecule has 0 amide bonds. The van der Waals surface area contributed by atoms with E-state index < -0.39 is 10.0 Å². The molecule has 0 saturated heterocycles. The minimum atomic E-state index is -3.37. The third-order valence-corrected chi connectivity index (χ3v) is 5.95. The van der Waals surface area contributed by atoms with Crippen LogP contribution in [0.5, 0.6) is 0 Å². The van der Waals surface area contributed by atoms with Crippen molar-refractivity contribution in [1.82, 2.24) is 14.9 Å². The summed E-state index contributed by atoms with van der Waals surface area (Å²) in [6, 6.07) is 3.93. The Bertz CT molecular complexity index is 497. The highest BCUT2D eigenvalue weighted by Gasteiger charge is 2.16. The number of sulfonamides is 1. The van der Waals surface area contributed by atoms with Crippen LogP contribution in [0.15, 0.2) is 16.3 Å². The molecule has 0 spiro atoms. The van der Waals surface area contributed by atoms with Crippen molar-refractivity contribution in [1.29, 1.82) is 0 Å². The molecular formula is C13H25N3O2S2. The summed E-state index contributed by atoms with van der Waals surface area (Å²) in [5.74, 6) is 0. The molecule has 0 fully saturated rings. The van der Waals surface area contributed by atoms with Crippen LogP contribution in [0.3, 0.4) is 0 Å². The van der Waals surface area contributed by atoms with Crippen LogP contribution in [-0.2, 0) is 16.6 Å². The van der Waals surface area contributed by atoms with Crippen molar-refractivity contribution in [3.63, 3.8) is 0 Å². The summed E-state index contributed by atoms with van der Waals surface area (Å²) in [5.41, 5.74) is 0. The van der Waals surface area contributed by atoms with Crippen LogP contribution in [0, 0.1) is 0 Å². The number of nitrogens with zero attached hydrogens (tertiary/aromatic N) is 1. The fourth-order valence-electron chi connectivity index (χ4n) is 1.50. The van der Waals surface area contributed by atoms with E-state index in [0.717, 1.165) is 11.4 Å². The summed E-state index contributed by atoms with van der Waals surface area (Å²) in [5, 5.41) is 3.28. The van der Waals surface area contributed by atoms with Crippen molar-refractivity contribution in [3.8, 4) is 0 Å². The maximum atomic E-state index is 12.1. The monoisotopic (exact) mass is 319 g/mol. The summed E-state index contributed by atoms with van der Waals surface area (Å²) >= 11 is 1.32. The molecule has 0 atom stereocenters. The highest BCUT2D eigenvalue weighted by molar-refractivity contribution is 7.91. The second-order valence-corrected chi connectivity index (χ2v) is 8.21. The van der Waals surface area contributed by atoms with Gasteiger partial charge in [-0.15, -0.1) is 11.3 Å². The van der Waals surface area contributed by atoms with Gasteiger partial charge in [-0.25, -0.2) is 13.1 Å². The number of hydrogen-bond acceptors (Lipinski definition) is 5. The van der Waals surface area contributed by atoms with Gasteiger partial charge >= 0.3 is 0 Å². The van der Waals surface area contributed by atoms with Gasteiger partial charge in [0.15, 0.2) is 0 Å². The van der Waals surface area contributed by atoms with E-state index in [1.54, 1.807) is 6.07 Å². The number of hydrogen-bond donors (Lipinski definition) is 2. The van der Waals surface area contributed by atoms with Gasteiger partial charge in [-0.3, -0.25) is 0 Å². The third kappa shape index (κ3) is 5.88. The average Bonchev–Trinajstić information content (AvgIpc) is 2.85. The average molecular weight is 319 g/mol. The van der Waals surface area contributed by atoms with Gasteiger partial charge in [0.05, 0.1) is 0 Å². The van der Waals surface area contributed by atoms with Crippen LogP contribution in [0.2, 0.25) is 0 Å². The van der Waals surface area contributed by atoms with E-state index in [-0.39, 0.29) is 0 Å².